The van der Waals surface area contributed by atoms with Crippen molar-refractivity contribution < 1.29 is 14.6 Å². The number of methoxy groups -OCH3 is 1. The number of esters is 1. The molecule has 0 unspecified atom stereocenters. The van der Waals surface area contributed by atoms with Crippen LogP contribution in [0.2, 0.25) is 0 Å². The number of carbonyl (C=O) groups is 1. The molecular formula is C13H25NO3. The predicted molar refractivity (Wildman–Crippen MR) is 66.7 cm³/mol. The molecule has 4 heteroatoms. The molecule has 1 fully saturated rings. The fraction of sp³-hybridized carbons (Fsp3) is 0.923. The molecule has 1 aliphatic rings. The normalized spacial score (nSPS) is 19.3. The standard InChI is InChI=1S/C13H25NO3/c1-4-13(16,5-2)10-14-8-6-11(7-9-14)12(15)17-3/h11,16H,4-10H2,1-3H3. The SMILES string of the molecule is CCC(O)(CC)CN1CCC(C(=O)OC)CC1. The summed E-state index contributed by atoms with van der Waals surface area (Å²) in [4.78, 5) is 13.6. The van der Waals surface area contributed by atoms with Crippen LogP contribution in [0.3, 0.4) is 0 Å². The molecule has 1 heterocycles. The third-order valence-corrected chi connectivity index (χ3v) is 3.96. The molecule has 0 atom stereocenters. The summed E-state index contributed by atoms with van der Waals surface area (Å²) in [6.07, 6.45) is 3.24. The Morgan fingerprint density at radius 2 is 1.88 bits per heavy atom. The van der Waals surface area contributed by atoms with E-state index in [4.69, 9.17) is 4.74 Å². The highest BCUT2D eigenvalue weighted by Gasteiger charge is 2.30. The van der Waals surface area contributed by atoms with Gasteiger partial charge < -0.3 is 14.7 Å². The summed E-state index contributed by atoms with van der Waals surface area (Å²) in [6, 6.07) is 0. The lowest BCUT2D eigenvalue weighted by atomic mass is 9.93. The van der Waals surface area contributed by atoms with E-state index in [-0.39, 0.29) is 11.9 Å². The summed E-state index contributed by atoms with van der Waals surface area (Å²) in [6.45, 7) is 6.51. The zero-order valence-electron chi connectivity index (χ0n) is 11.2. The maximum Gasteiger partial charge on any atom is 0.308 e. The molecule has 100 valence electrons. The molecule has 0 bridgehead atoms. The second-order valence-electron chi connectivity index (χ2n) is 5.01. The molecule has 1 saturated heterocycles. The minimum Gasteiger partial charge on any atom is -0.469 e. The summed E-state index contributed by atoms with van der Waals surface area (Å²) in [5.41, 5.74) is -0.571. The van der Waals surface area contributed by atoms with E-state index in [1.165, 1.54) is 7.11 Å². The van der Waals surface area contributed by atoms with Gasteiger partial charge in [-0.1, -0.05) is 13.8 Å². The largest absolute Gasteiger partial charge is 0.469 e. The highest BCUT2D eigenvalue weighted by Crippen LogP contribution is 2.22. The van der Waals surface area contributed by atoms with E-state index >= 15 is 0 Å². The van der Waals surface area contributed by atoms with Gasteiger partial charge in [0.15, 0.2) is 0 Å². The van der Waals surface area contributed by atoms with Crippen LogP contribution in [0.1, 0.15) is 39.5 Å². The first-order chi connectivity index (χ1) is 8.04. The Balaban J connectivity index is 2.39. The van der Waals surface area contributed by atoms with Crippen LogP contribution in [0.4, 0.5) is 0 Å². The second kappa shape index (κ2) is 6.36. The lowest BCUT2D eigenvalue weighted by molar-refractivity contribution is -0.147. The number of likely N-dealkylation sites (tertiary alicyclic amines) is 1. The molecule has 17 heavy (non-hydrogen) atoms. The molecule has 1 rings (SSSR count). The number of carbonyl (C=O) groups excluding carboxylic acids is 1. The fourth-order valence-electron chi connectivity index (χ4n) is 2.38. The maximum absolute atomic E-state index is 11.4. The number of ether oxygens (including phenoxy) is 1. The van der Waals surface area contributed by atoms with Crippen molar-refractivity contribution in [1.82, 2.24) is 4.90 Å². The van der Waals surface area contributed by atoms with E-state index in [0.717, 1.165) is 38.8 Å². The van der Waals surface area contributed by atoms with Crippen LogP contribution in [0, 0.1) is 5.92 Å². The van der Waals surface area contributed by atoms with Crippen molar-refractivity contribution in [3.63, 3.8) is 0 Å². The second-order valence-corrected chi connectivity index (χ2v) is 5.01. The van der Waals surface area contributed by atoms with Crippen molar-refractivity contribution in [2.45, 2.75) is 45.1 Å². The number of rotatable bonds is 5. The lowest BCUT2D eigenvalue weighted by Crippen LogP contribution is -2.46. The van der Waals surface area contributed by atoms with Crippen molar-refractivity contribution in [2.24, 2.45) is 5.92 Å². The first-order valence-corrected chi connectivity index (χ1v) is 6.57. The van der Waals surface area contributed by atoms with E-state index < -0.39 is 5.60 Å². The number of hydrogen-bond acceptors (Lipinski definition) is 4. The van der Waals surface area contributed by atoms with Gasteiger partial charge in [0.1, 0.15) is 0 Å². The van der Waals surface area contributed by atoms with Crippen LogP contribution in [0.25, 0.3) is 0 Å². The summed E-state index contributed by atoms with van der Waals surface area (Å²) in [7, 11) is 1.45. The zero-order valence-corrected chi connectivity index (χ0v) is 11.2. The monoisotopic (exact) mass is 243 g/mol. The van der Waals surface area contributed by atoms with Gasteiger partial charge in [-0.05, 0) is 38.8 Å². The van der Waals surface area contributed by atoms with Gasteiger partial charge in [0.25, 0.3) is 0 Å². The summed E-state index contributed by atoms with van der Waals surface area (Å²) in [5.74, 6) is -0.0431. The summed E-state index contributed by atoms with van der Waals surface area (Å²) >= 11 is 0. The highest BCUT2D eigenvalue weighted by molar-refractivity contribution is 5.72. The van der Waals surface area contributed by atoms with Gasteiger partial charge in [-0.15, -0.1) is 0 Å². The fourth-order valence-corrected chi connectivity index (χ4v) is 2.38. The summed E-state index contributed by atoms with van der Waals surface area (Å²) < 4.78 is 4.76. The number of β-amino-alcohol motifs (C(OH)–C–C–N with tert-alkyl or cyclic N) is 1. The van der Waals surface area contributed by atoms with Crippen LogP contribution < -0.4 is 0 Å². The number of nitrogens with zero attached hydrogens (tertiary/aromatic N) is 1. The van der Waals surface area contributed by atoms with Gasteiger partial charge in [-0.2, -0.15) is 0 Å². The van der Waals surface area contributed by atoms with Crippen LogP contribution >= 0.6 is 0 Å². The highest BCUT2D eigenvalue weighted by atomic mass is 16.5. The topological polar surface area (TPSA) is 49.8 Å². The minimum atomic E-state index is -0.571. The van der Waals surface area contributed by atoms with Crippen LogP contribution in [-0.4, -0.2) is 48.3 Å². The van der Waals surface area contributed by atoms with Gasteiger partial charge in [0, 0.05) is 6.54 Å². The Kier molecular flexibility index (Phi) is 5.40. The number of hydrogen-bond donors (Lipinski definition) is 1. The molecule has 0 saturated carbocycles. The molecule has 1 aliphatic heterocycles. The Morgan fingerprint density at radius 3 is 2.29 bits per heavy atom. The molecule has 1 N–H and O–H groups in total. The van der Waals surface area contributed by atoms with Crippen LogP contribution in [0.5, 0.6) is 0 Å². The van der Waals surface area contributed by atoms with Gasteiger partial charge in [-0.25, -0.2) is 0 Å². The Labute approximate surface area is 104 Å². The van der Waals surface area contributed by atoms with E-state index in [1.54, 1.807) is 0 Å². The number of aliphatic hydroxyl groups is 1. The first kappa shape index (κ1) is 14.5. The Hall–Kier alpha value is -0.610. The van der Waals surface area contributed by atoms with Crippen LogP contribution in [0.15, 0.2) is 0 Å². The quantitative estimate of drug-likeness (QED) is 0.742. The molecule has 0 amide bonds. The Morgan fingerprint density at radius 1 is 1.35 bits per heavy atom. The molecule has 0 spiro atoms. The van der Waals surface area contributed by atoms with E-state index in [0.29, 0.717) is 6.54 Å². The molecular weight excluding hydrogens is 218 g/mol. The average molecular weight is 243 g/mol. The van der Waals surface area contributed by atoms with Gasteiger partial charge >= 0.3 is 5.97 Å². The molecule has 0 aromatic heterocycles. The summed E-state index contributed by atoms with van der Waals surface area (Å²) in [5, 5.41) is 10.3. The number of piperidine rings is 1. The molecule has 0 aromatic carbocycles. The predicted octanol–water partition coefficient (Wildman–Crippen LogP) is 1.42. The molecule has 0 aromatic rings. The smallest absolute Gasteiger partial charge is 0.308 e. The third-order valence-electron chi connectivity index (χ3n) is 3.96. The van der Waals surface area contributed by atoms with Gasteiger partial charge in [-0.3, -0.25) is 4.79 Å². The molecule has 0 aliphatic carbocycles. The van der Waals surface area contributed by atoms with Crippen LogP contribution in [-0.2, 0) is 9.53 Å². The Bertz CT molecular complexity index is 243. The van der Waals surface area contributed by atoms with E-state index in [9.17, 15) is 9.90 Å². The van der Waals surface area contributed by atoms with Gasteiger partial charge in [0.05, 0.1) is 18.6 Å². The molecule has 4 nitrogen and oxygen atoms in total. The zero-order chi connectivity index (χ0) is 12.9. The van der Waals surface area contributed by atoms with Crippen molar-refractivity contribution in [1.29, 1.82) is 0 Å². The van der Waals surface area contributed by atoms with Crippen molar-refractivity contribution in [3.8, 4) is 0 Å². The first-order valence-electron chi connectivity index (χ1n) is 6.57. The lowest BCUT2D eigenvalue weighted by Gasteiger charge is -2.36. The van der Waals surface area contributed by atoms with Crippen molar-refractivity contribution in [2.75, 3.05) is 26.7 Å². The third kappa shape index (κ3) is 3.96. The average Bonchev–Trinajstić information content (AvgIpc) is 2.38. The minimum absolute atomic E-state index is 0.0487. The van der Waals surface area contributed by atoms with E-state index in [2.05, 4.69) is 4.90 Å². The van der Waals surface area contributed by atoms with Gasteiger partial charge in [0.2, 0.25) is 0 Å². The molecule has 0 radical (unpaired) electrons. The van der Waals surface area contributed by atoms with Crippen molar-refractivity contribution >= 4 is 5.97 Å². The van der Waals surface area contributed by atoms with Crippen molar-refractivity contribution in [3.05, 3.63) is 0 Å². The maximum atomic E-state index is 11.4. The van der Waals surface area contributed by atoms with E-state index in [1.807, 2.05) is 13.8 Å².